The molecule has 0 spiro atoms. The lowest BCUT2D eigenvalue weighted by Gasteiger charge is -2.09. The van der Waals surface area contributed by atoms with E-state index in [9.17, 15) is 10.1 Å². The van der Waals surface area contributed by atoms with Gasteiger partial charge in [0, 0.05) is 23.6 Å². The van der Waals surface area contributed by atoms with Crippen molar-refractivity contribution >= 4 is 23.4 Å². The lowest BCUT2D eigenvalue weighted by Crippen LogP contribution is -2.13. The number of nitrogens with one attached hydrogen (secondary N) is 1. The molecule has 1 N–H and O–H groups in total. The molecule has 0 atom stereocenters. The summed E-state index contributed by atoms with van der Waals surface area (Å²) >= 11 is 1.46. The zero-order valence-electron chi connectivity index (χ0n) is 14.9. The number of hydrogen-bond donors (Lipinski definition) is 1. The maximum atomic E-state index is 12.1. The molecule has 0 aliphatic heterocycles. The fraction of sp³-hybridized carbons (Fsp3) is 0.350. The van der Waals surface area contributed by atoms with Crippen molar-refractivity contribution in [2.45, 2.75) is 38.6 Å². The van der Waals surface area contributed by atoms with E-state index >= 15 is 0 Å². The van der Waals surface area contributed by atoms with Gasteiger partial charge in [-0.25, -0.2) is 4.98 Å². The Morgan fingerprint density at radius 1 is 1.28 bits per heavy atom. The Morgan fingerprint density at radius 2 is 2.04 bits per heavy atom. The van der Waals surface area contributed by atoms with E-state index < -0.39 is 0 Å². The van der Waals surface area contributed by atoms with Crippen LogP contribution in [0.15, 0.2) is 41.4 Å². The van der Waals surface area contributed by atoms with Gasteiger partial charge in [-0.2, -0.15) is 5.26 Å². The molecule has 0 radical (unpaired) electrons. The minimum absolute atomic E-state index is 0.0290. The number of nitriles is 1. The van der Waals surface area contributed by atoms with Gasteiger partial charge in [0.05, 0.1) is 5.56 Å². The molecule has 0 aliphatic carbocycles. The monoisotopic (exact) mass is 353 g/mol. The molecule has 0 fully saturated rings. The quantitative estimate of drug-likeness (QED) is 0.740. The Morgan fingerprint density at radius 3 is 2.72 bits per heavy atom. The second-order valence-corrected chi connectivity index (χ2v) is 7.41. The van der Waals surface area contributed by atoms with Gasteiger partial charge in [0.25, 0.3) is 0 Å². The van der Waals surface area contributed by atoms with Gasteiger partial charge in [-0.05, 0) is 43.0 Å². The van der Waals surface area contributed by atoms with Crippen LogP contribution in [0, 0.1) is 24.2 Å². The van der Waals surface area contributed by atoms with Crippen LogP contribution in [0.4, 0.5) is 5.69 Å². The van der Waals surface area contributed by atoms with Crippen LogP contribution in [-0.4, -0.2) is 16.6 Å². The van der Waals surface area contributed by atoms with Gasteiger partial charge in [-0.3, -0.25) is 4.79 Å². The first-order valence-electron chi connectivity index (χ1n) is 8.38. The number of rotatable bonds is 7. The lowest BCUT2D eigenvalue weighted by atomic mass is 10.1. The van der Waals surface area contributed by atoms with Gasteiger partial charge in [0.1, 0.15) is 11.1 Å². The zero-order chi connectivity index (χ0) is 18.2. The number of amides is 1. The number of para-hydroxylation sites is 1. The number of nitrogens with zero attached hydrogens (tertiary/aromatic N) is 2. The number of aryl methyl sites for hydroxylation is 1. The molecule has 1 amide bonds. The van der Waals surface area contributed by atoms with E-state index in [0.717, 1.165) is 23.4 Å². The molecule has 0 aliphatic rings. The summed E-state index contributed by atoms with van der Waals surface area (Å²) < 4.78 is 0. The van der Waals surface area contributed by atoms with E-state index in [1.165, 1.54) is 11.8 Å². The fourth-order valence-corrected chi connectivity index (χ4v) is 3.30. The second kappa shape index (κ2) is 9.24. The van der Waals surface area contributed by atoms with Gasteiger partial charge in [0.15, 0.2) is 0 Å². The molecule has 0 saturated heterocycles. The van der Waals surface area contributed by atoms with Crippen molar-refractivity contribution in [1.29, 1.82) is 5.26 Å². The van der Waals surface area contributed by atoms with Crippen LogP contribution >= 0.6 is 11.8 Å². The molecule has 0 saturated carbocycles. The summed E-state index contributed by atoms with van der Waals surface area (Å²) in [5, 5.41) is 12.9. The highest BCUT2D eigenvalue weighted by Gasteiger charge is 2.10. The maximum Gasteiger partial charge on any atom is 0.225 e. The van der Waals surface area contributed by atoms with Crippen molar-refractivity contribution in [2.75, 3.05) is 11.1 Å². The molecule has 2 aromatic rings. The number of aromatic nitrogens is 1. The largest absolute Gasteiger partial charge is 0.326 e. The van der Waals surface area contributed by atoms with Crippen LogP contribution in [0.3, 0.4) is 0 Å². The Labute approximate surface area is 153 Å². The molecular formula is C20H23N3OS. The topological polar surface area (TPSA) is 65.8 Å². The number of carbonyl (C=O) groups is 1. The maximum absolute atomic E-state index is 12.1. The summed E-state index contributed by atoms with van der Waals surface area (Å²) in [7, 11) is 0. The zero-order valence-corrected chi connectivity index (χ0v) is 15.7. The first-order valence-corrected chi connectivity index (χ1v) is 9.36. The Kier molecular flexibility index (Phi) is 7.03. The van der Waals surface area contributed by atoms with Crippen molar-refractivity contribution in [3.8, 4) is 6.07 Å². The first-order chi connectivity index (χ1) is 12.0. The third-order valence-electron chi connectivity index (χ3n) is 3.64. The molecule has 2 rings (SSSR count). The van der Waals surface area contributed by atoms with Crippen LogP contribution in [-0.2, 0) is 11.2 Å². The smallest absolute Gasteiger partial charge is 0.225 e. The van der Waals surface area contributed by atoms with E-state index in [2.05, 4.69) is 30.2 Å². The van der Waals surface area contributed by atoms with E-state index in [-0.39, 0.29) is 5.91 Å². The van der Waals surface area contributed by atoms with Crippen molar-refractivity contribution < 1.29 is 4.79 Å². The van der Waals surface area contributed by atoms with Gasteiger partial charge in [-0.1, -0.05) is 32.0 Å². The number of pyridine rings is 1. The summed E-state index contributed by atoms with van der Waals surface area (Å²) in [5.41, 5.74) is 3.43. The number of thioether (sulfide) groups is 1. The van der Waals surface area contributed by atoms with Crippen molar-refractivity contribution in [3.05, 3.63) is 53.2 Å². The Bertz CT molecular complexity index is 781. The highest BCUT2D eigenvalue weighted by Crippen LogP contribution is 2.22. The van der Waals surface area contributed by atoms with Crippen molar-refractivity contribution in [3.63, 3.8) is 0 Å². The van der Waals surface area contributed by atoms with Gasteiger partial charge < -0.3 is 5.32 Å². The SMILES string of the molecule is Cc1ccccc1NC(=O)CCSc1nc(CC(C)C)ccc1C#N. The standard InChI is InChI=1S/C20H23N3OS/c1-14(2)12-17-9-8-16(13-21)20(22-17)25-11-10-19(24)23-18-7-5-4-6-15(18)3/h4-9,14H,10-12H2,1-3H3,(H,23,24). The minimum atomic E-state index is -0.0290. The van der Waals surface area contributed by atoms with Crippen LogP contribution in [0.5, 0.6) is 0 Å². The minimum Gasteiger partial charge on any atom is -0.326 e. The third kappa shape index (κ3) is 5.91. The molecular weight excluding hydrogens is 330 g/mol. The summed E-state index contributed by atoms with van der Waals surface area (Å²) in [6.07, 6.45) is 1.26. The molecule has 0 bridgehead atoms. The second-order valence-electron chi connectivity index (χ2n) is 6.33. The molecule has 5 heteroatoms. The lowest BCUT2D eigenvalue weighted by molar-refractivity contribution is -0.115. The van der Waals surface area contributed by atoms with E-state index in [4.69, 9.17) is 0 Å². The highest BCUT2D eigenvalue weighted by atomic mass is 32.2. The Hall–Kier alpha value is -2.32. The van der Waals surface area contributed by atoms with Gasteiger partial charge >= 0.3 is 0 Å². The summed E-state index contributed by atoms with van der Waals surface area (Å²) in [6, 6.07) is 13.6. The molecule has 1 heterocycles. The molecule has 25 heavy (non-hydrogen) atoms. The molecule has 130 valence electrons. The highest BCUT2D eigenvalue weighted by molar-refractivity contribution is 7.99. The van der Waals surface area contributed by atoms with E-state index in [0.29, 0.717) is 28.7 Å². The van der Waals surface area contributed by atoms with Crippen LogP contribution in [0.2, 0.25) is 0 Å². The third-order valence-corrected chi connectivity index (χ3v) is 4.64. The molecule has 0 unspecified atom stereocenters. The first kappa shape index (κ1) is 19.0. The number of hydrogen-bond acceptors (Lipinski definition) is 4. The van der Waals surface area contributed by atoms with E-state index in [1.807, 2.05) is 43.3 Å². The molecule has 4 nitrogen and oxygen atoms in total. The Balaban J connectivity index is 1.93. The predicted molar refractivity (Wildman–Crippen MR) is 103 cm³/mol. The number of benzene rings is 1. The summed E-state index contributed by atoms with van der Waals surface area (Å²) in [6.45, 7) is 6.25. The van der Waals surface area contributed by atoms with Gasteiger partial charge in [-0.15, -0.1) is 11.8 Å². The van der Waals surface area contributed by atoms with Crippen LogP contribution in [0.25, 0.3) is 0 Å². The molecule has 1 aromatic heterocycles. The normalized spacial score (nSPS) is 10.5. The van der Waals surface area contributed by atoms with Crippen LogP contribution in [0.1, 0.15) is 37.1 Å². The van der Waals surface area contributed by atoms with Crippen molar-refractivity contribution in [1.82, 2.24) is 4.98 Å². The molecule has 1 aromatic carbocycles. The fourth-order valence-electron chi connectivity index (χ4n) is 2.37. The number of anilines is 1. The summed E-state index contributed by atoms with van der Waals surface area (Å²) in [5.74, 6) is 1.07. The van der Waals surface area contributed by atoms with E-state index in [1.54, 1.807) is 0 Å². The number of carbonyl (C=O) groups excluding carboxylic acids is 1. The average Bonchev–Trinajstić information content (AvgIpc) is 2.57. The van der Waals surface area contributed by atoms with Gasteiger partial charge in [0.2, 0.25) is 5.91 Å². The predicted octanol–water partition coefficient (Wildman–Crippen LogP) is 4.58. The average molecular weight is 353 g/mol. The van der Waals surface area contributed by atoms with Crippen molar-refractivity contribution in [2.24, 2.45) is 5.92 Å². The van der Waals surface area contributed by atoms with Crippen LogP contribution < -0.4 is 5.32 Å². The summed E-state index contributed by atoms with van der Waals surface area (Å²) in [4.78, 5) is 16.7.